The Morgan fingerprint density at radius 2 is 1.13 bits per heavy atom. The number of aliphatic imine (C=N–C) groups is 1. The number of hydrogen-bond acceptors (Lipinski definition) is 4. The molecule has 1 spiro atoms. The number of aromatic nitrogens is 1. The fourth-order valence-electron chi connectivity index (χ4n) is 7.65. The van der Waals surface area contributed by atoms with Crippen LogP contribution >= 0.6 is 0 Å². The Labute approximate surface area is 260 Å². The van der Waals surface area contributed by atoms with Crippen molar-refractivity contribution in [3.63, 3.8) is 0 Å². The van der Waals surface area contributed by atoms with Gasteiger partial charge in [-0.2, -0.15) is 0 Å². The third-order valence-corrected chi connectivity index (χ3v) is 9.36. The summed E-state index contributed by atoms with van der Waals surface area (Å²) >= 11 is 0. The van der Waals surface area contributed by atoms with Crippen molar-refractivity contribution in [3.05, 3.63) is 167 Å². The maximum Gasteiger partial charge on any atom is 0.125 e. The van der Waals surface area contributed by atoms with Gasteiger partial charge in [-0.25, -0.2) is 4.98 Å². The maximum absolute atomic E-state index is 11.7. The summed E-state index contributed by atoms with van der Waals surface area (Å²) in [7, 11) is 0. The molecule has 1 heterocycles. The fraction of sp³-hybridized carbons (Fsp3) is 0.0244. The molecule has 2 aliphatic rings. The number of aromatic hydroxyl groups is 2. The van der Waals surface area contributed by atoms with Gasteiger partial charge < -0.3 is 10.2 Å². The molecule has 212 valence electrons. The van der Waals surface area contributed by atoms with Crippen LogP contribution in [0.15, 0.2) is 145 Å². The summed E-state index contributed by atoms with van der Waals surface area (Å²) in [4.78, 5) is 9.80. The highest BCUT2D eigenvalue weighted by atomic mass is 16.3. The minimum atomic E-state index is -0.612. The van der Waals surface area contributed by atoms with E-state index >= 15 is 0 Å². The predicted octanol–water partition coefficient (Wildman–Crippen LogP) is 9.41. The van der Waals surface area contributed by atoms with Crippen molar-refractivity contribution in [2.24, 2.45) is 4.99 Å². The summed E-state index contributed by atoms with van der Waals surface area (Å²) in [5, 5.41) is 23.9. The molecular weight excluding hydrogens is 552 g/mol. The summed E-state index contributed by atoms with van der Waals surface area (Å²) in [6.45, 7) is 0. The molecule has 0 aliphatic heterocycles. The first-order valence-electron chi connectivity index (χ1n) is 15.0. The number of phenolic OH excluding ortho intramolecular Hbond substituents is 2. The number of hydrogen-bond donors (Lipinski definition) is 2. The van der Waals surface area contributed by atoms with Gasteiger partial charge in [0, 0.05) is 10.9 Å². The standard InChI is InChI=1S/C41H26N2O2/c44-36-21-8-11-25-10-7-19-34(38(25)36)42-24-26-12-9-20-35(43-26)39-37(45)23-22-30-29-15-3-6-18-33(29)41(40(30)39)31-16-4-1-13-27(31)28-14-2-5-17-32(28)41/h1-24,44-45H. The topological polar surface area (TPSA) is 65.7 Å². The van der Waals surface area contributed by atoms with Crippen LogP contribution in [0.25, 0.3) is 44.3 Å². The van der Waals surface area contributed by atoms with Gasteiger partial charge in [0.1, 0.15) is 11.5 Å². The highest BCUT2D eigenvalue weighted by Gasteiger charge is 2.53. The van der Waals surface area contributed by atoms with Crippen LogP contribution in [0.1, 0.15) is 27.9 Å². The van der Waals surface area contributed by atoms with Gasteiger partial charge in [-0.3, -0.25) is 4.99 Å². The van der Waals surface area contributed by atoms with E-state index in [-0.39, 0.29) is 11.5 Å². The van der Waals surface area contributed by atoms with E-state index in [1.54, 1.807) is 18.3 Å². The van der Waals surface area contributed by atoms with E-state index in [1.807, 2.05) is 54.6 Å². The molecule has 6 aromatic carbocycles. The lowest BCUT2D eigenvalue weighted by Gasteiger charge is -2.32. The highest BCUT2D eigenvalue weighted by Crippen LogP contribution is 2.65. The van der Waals surface area contributed by atoms with Crippen LogP contribution in [0.5, 0.6) is 11.5 Å². The molecule has 0 atom stereocenters. The van der Waals surface area contributed by atoms with Crippen LogP contribution in [-0.2, 0) is 5.41 Å². The van der Waals surface area contributed by atoms with Crippen LogP contribution < -0.4 is 0 Å². The quantitative estimate of drug-likeness (QED) is 0.205. The molecule has 0 amide bonds. The smallest absolute Gasteiger partial charge is 0.125 e. The lowest BCUT2D eigenvalue weighted by Crippen LogP contribution is -2.26. The lowest BCUT2D eigenvalue weighted by molar-refractivity contribution is 0.476. The number of nitrogens with zero attached hydrogens (tertiary/aromatic N) is 2. The van der Waals surface area contributed by atoms with Crippen LogP contribution in [0.2, 0.25) is 0 Å². The Morgan fingerprint density at radius 1 is 0.533 bits per heavy atom. The summed E-state index contributed by atoms with van der Waals surface area (Å²) in [6, 6.07) is 46.7. The SMILES string of the molecule is Oc1ccc2c(c1-c1cccc(C=Nc3cccc4cccc(O)c34)n1)C1(c3ccccc3-c3ccccc31)c1ccccc1-2. The first-order chi connectivity index (χ1) is 22.2. The summed E-state index contributed by atoms with van der Waals surface area (Å²) in [5.41, 5.74) is 11.4. The molecule has 0 bridgehead atoms. The second kappa shape index (κ2) is 9.50. The van der Waals surface area contributed by atoms with Crippen molar-refractivity contribution in [1.29, 1.82) is 0 Å². The van der Waals surface area contributed by atoms with Crippen molar-refractivity contribution >= 4 is 22.7 Å². The van der Waals surface area contributed by atoms with E-state index in [0.717, 1.165) is 22.1 Å². The monoisotopic (exact) mass is 578 g/mol. The van der Waals surface area contributed by atoms with E-state index in [2.05, 4.69) is 72.8 Å². The summed E-state index contributed by atoms with van der Waals surface area (Å²) in [5.74, 6) is 0.372. The number of phenols is 2. The predicted molar refractivity (Wildman–Crippen MR) is 181 cm³/mol. The molecule has 45 heavy (non-hydrogen) atoms. The minimum Gasteiger partial charge on any atom is -0.507 e. The van der Waals surface area contributed by atoms with E-state index < -0.39 is 5.41 Å². The third-order valence-electron chi connectivity index (χ3n) is 9.36. The molecule has 0 fully saturated rings. The Hall–Kier alpha value is -6.00. The minimum absolute atomic E-state index is 0.184. The average Bonchev–Trinajstić information content (AvgIpc) is 3.55. The van der Waals surface area contributed by atoms with Crippen LogP contribution in [-0.4, -0.2) is 21.4 Å². The average molecular weight is 579 g/mol. The number of rotatable bonds is 3. The molecule has 2 aliphatic carbocycles. The van der Waals surface area contributed by atoms with Crippen LogP contribution in [0.3, 0.4) is 0 Å². The number of benzene rings is 6. The molecule has 1 aromatic heterocycles. The summed E-state index contributed by atoms with van der Waals surface area (Å²) in [6.07, 6.45) is 1.72. The van der Waals surface area contributed by atoms with Crippen molar-refractivity contribution in [2.45, 2.75) is 5.41 Å². The zero-order valence-corrected chi connectivity index (χ0v) is 24.1. The fourth-order valence-corrected chi connectivity index (χ4v) is 7.65. The summed E-state index contributed by atoms with van der Waals surface area (Å²) < 4.78 is 0. The van der Waals surface area contributed by atoms with Gasteiger partial charge in [-0.15, -0.1) is 0 Å². The van der Waals surface area contributed by atoms with Crippen molar-refractivity contribution < 1.29 is 10.2 Å². The van der Waals surface area contributed by atoms with Gasteiger partial charge in [0.05, 0.1) is 28.7 Å². The lowest BCUT2D eigenvalue weighted by atomic mass is 9.69. The van der Waals surface area contributed by atoms with Gasteiger partial charge in [-0.1, -0.05) is 109 Å². The first-order valence-corrected chi connectivity index (χ1v) is 15.0. The molecule has 0 saturated carbocycles. The van der Waals surface area contributed by atoms with E-state index in [9.17, 15) is 10.2 Å². The Bertz CT molecular complexity index is 2300. The zero-order chi connectivity index (χ0) is 30.1. The zero-order valence-electron chi connectivity index (χ0n) is 24.1. The van der Waals surface area contributed by atoms with Gasteiger partial charge >= 0.3 is 0 Å². The second-order valence-electron chi connectivity index (χ2n) is 11.6. The largest absolute Gasteiger partial charge is 0.507 e. The first kappa shape index (κ1) is 25.5. The molecule has 4 heteroatoms. The highest BCUT2D eigenvalue weighted by molar-refractivity contribution is 6.01. The molecule has 0 unspecified atom stereocenters. The molecule has 0 saturated heterocycles. The van der Waals surface area contributed by atoms with Gasteiger partial charge in [0.25, 0.3) is 0 Å². The number of pyridine rings is 1. The molecule has 0 radical (unpaired) electrons. The molecular formula is C41H26N2O2. The molecule has 7 aromatic rings. The van der Waals surface area contributed by atoms with E-state index in [1.165, 1.54) is 27.8 Å². The van der Waals surface area contributed by atoms with Crippen molar-refractivity contribution in [2.75, 3.05) is 0 Å². The number of fused-ring (bicyclic) bond motifs is 11. The second-order valence-corrected chi connectivity index (χ2v) is 11.6. The van der Waals surface area contributed by atoms with Crippen molar-refractivity contribution in [1.82, 2.24) is 4.98 Å². The van der Waals surface area contributed by atoms with Gasteiger partial charge in [0.2, 0.25) is 0 Å². The Kier molecular flexibility index (Phi) is 5.38. The Balaban J connectivity index is 1.28. The molecule has 2 N–H and O–H groups in total. The van der Waals surface area contributed by atoms with Crippen LogP contribution in [0.4, 0.5) is 5.69 Å². The Morgan fingerprint density at radius 3 is 1.82 bits per heavy atom. The van der Waals surface area contributed by atoms with Crippen LogP contribution in [0, 0.1) is 0 Å². The van der Waals surface area contributed by atoms with E-state index in [0.29, 0.717) is 28.0 Å². The molecule has 4 nitrogen and oxygen atoms in total. The van der Waals surface area contributed by atoms with E-state index in [4.69, 9.17) is 9.98 Å². The maximum atomic E-state index is 11.7. The van der Waals surface area contributed by atoms with Gasteiger partial charge in [0.15, 0.2) is 0 Å². The molecule has 9 rings (SSSR count). The normalized spacial score (nSPS) is 13.6. The van der Waals surface area contributed by atoms with Crippen molar-refractivity contribution in [3.8, 4) is 45.0 Å². The third kappa shape index (κ3) is 3.48. The van der Waals surface area contributed by atoms with Gasteiger partial charge in [-0.05, 0) is 80.2 Å².